The van der Waals surface area contributed by atoms with Gasteiger partial charge in [0.1, 0.15) is 5.82 Å². The fourth-order valence-electron chi connectivity index (χ4n) is 2.11. The minimum atomic E-state index is -0.444. The van der Waals surface area contributed by atoms with Gasteiger partial charge >= 0.3 is 0 Å². The van der Waals surface area contributed by atoms with Crippen LogP contribution < -0.4 is 11.3 Å². The van der Waals surface area contributed by atoms with Gasteiger partial charge in [-0.05, 0) is 48.2 Å². The molecular weight excluding hydrogens is 334 g/mol. The topological polar surface area (TPSA) is 38.0 Å². The molecule has 0 bridgehead atoms. The molecule has 0 amide bonds. The summed E-state index contributed by atoms with van der Waals surface area (Å²) >= 11 is 18.0. The zero-order chi connectivity index (χ0) is 15.4. The quantitative estimate of drug-likeness (QED) is 0.621. The lowest BCUT2D eigenvalue weighted by Crippen LogP contribution is -2.38. The Morgan fingerprint density at radius 1 is 1.00 bits per heavy atom. The van der Waals surface area contributed by atoms with E-state index in [-0.39, 0.29) is 11.1 Å². The Labute approximate surface area is 138 Å². The third kappa shape index (κ3) is 4.31. The third-order valence-electron chi connectivity index (χ3n) is 3.21. The van der Waals surface area contributed by atoms with Gasteiger partial charge in [-0.25, -0.2) is 4.39 Å². The molecule has 0 heterocycles. The number of nitrogens with two attached hydrogens (primary N) is 1. The van der Waals surface area contributed by atoms with Gasteiger partial charge in [0.15, 0.2) is 0 Å². The molecular formula is C15H14Cl3FN2. The number of hydrazine groups is 1. The van der Waals surface area contributed by atoms with E-state index in [1.807, 2.05) is 0 Å². The molecule has 0 radical (unpaired) electrons. The largest absolute Gasteiger partial charge is 0.271 e. The number of benzene rings is 2. The summed E-state index contributed by atoms with van der Waals surface area (Å²) in [5.74, 6) is 5.14. The maximum Gasteiger partial charge on any atom is 0.142 e. The summed E-state index contributed by atoms with van der Waals surface area (Å²) in [6, 6.07) is 9.92. The molecule has 0 fully saturated rings. The lowest BCUT2D eigenvalue weighted by Gasteiger charge is -2.18. The van der Waals surface area contributed by atoms with Crippen molar-refractivity contribution >= 4 is 34.8 Å². The van der Waals surface area contributed by atoms with Gasteiger partial charge in [-0.2, -0.15) is 0 Å². The summed E-state index contributed by atoms with van der Waals surface area (Å²) in [6.07, 6.45) is 1.07. The molecule has 3 N–H and O–H groups in total. The minimum absolute atomic E-state index is 0.102. The van der Waals surface area contributed by atoms with Gasteiger partial charge in [0, 0.05) is 16.1 Å². The Morgan fingerprint density at radius 3 is 2.24 bits per heavy atom. The van der Waals surface area contributed by atoms with Crippen LogP contribution in [0.2, 0.25) is 15.1 Å². The molecule has 1 unspecified atom stereocenters. The van der Waals surface area contributed by atoms with Crippen LogP contribution in [0.4, 0.5) is 4.39 Å². The molecule has 0 saturated carbocycles. The highest BCUT2D eigenvalue weighted by Crippen LogP contribution is 2.26. The van der Waals surface area contributed by atoms with Crippen molar-refractivity contribution in [1.29, 1.82) is 0 Å². The van der Waals surface area contributed by atoms with Crippen LogP contribution in [-0.4, -0.2) is 6.04 Å². The lowest BCUT2D eigenvalue weighted by molar-refractivity contribution is 0.520. The monoisotopic (exact) mass is 346 g/mol. The number of rotatable bonds is 5. The molecule has 0 aromatic heterocycles. The normalized spacial score (nSPS) is 12.4. The molecule has 0 aliphatic rings. The summed E-state index contributed by atoms with van der Waals surface area (Å²) in [7, 11) is 0. The van der Waals surface area contributed by atoms with E-state index in [1.54, 1.807) is 24.3 Å². The van der Waals surface area contributed by atoms with E-state index in [1.165, 1.54) is 12.1 Å². The first-order valence-electron chi connectivity index (χ1n) is 6.34. The Morgan fingerprint density at radius 2 is 1.67 bits per heavy atom. The average molecular weight is 348 g/mol. The van der Waals surface area contributed by atoms with Crippen molar-refractivity contribution in [3.05, 3.63) is 68.4 Å². The Hall–Kier alpha value is -0.840. The maximum absolute atomic E-state index is 13.5. The molecule has 1 atom stereocenters. The van der Waals surface area contributed by atoms with E-state index in [2.05, 4.69) is 5.43 Å². The molecule has 0 spiro atoms. The van der Waals surface area contributed by atoms with Crippen LogP contribution in [0.1, 0.15) is 11.1 Å². The number of halogens is 4. The molecule has 0 saturated heterocycles. The van der Waals surface area contributed by atoms with Crippen LogP contribution in [0.5, 0.6) is 0 Å². The molecule has 21 heavy (non-hydrogen) atoms. The number of hydrogen-bond acceptors (Lipinski definition) is 2. The van der Waals surface area contributed by atoms with E-state index < -0.39 is 5.82 Å². The van der Waals surface area contributed by atoms with Gasteiger partial charge < -0.3 is 0 Å². The summed E-state index contributed by atoms with van der Waals surface area (Å²) < 4.78 is 13.5. The van der Waals surface area contributed by atoms with Crippen LogP contribution in [0, 0.1) is 5.82 Å². The van der Waals surface area contributed by atoms with E-state index in [0.717, 1.165) is 11.1 Å². The first-order chi connectivity index (χ1) is 10.0. The SMILES string of the molecule is NNC(Cc1ccc(Cl)c(F)c1)Cc1c(Cl)cccc1Cl. The van der Waals surface area contributed by atoms with Gasteiger partial charge in [-0.1, -0.05) is 46.9 Å². The van der Waals surface area contributed by atoms with Crippen molar-refractivity contribution in [3.8, 4) is 0 Å². The van der Waals surface area contributed by atoms with Gasteiger partial charge in [0.05, 0.1) is 5.02 Å². The second kappa shape index (κ2) is 7.43. The lowest BCUT2D eigenvalue weighted by atomic mass is 9.99. The van der Waals surface area contributed by atoms with Crippen molar-refractivity contribution < 1.29 is 4.39 Å². The molecule has 2 rings (SSSR count). The molecule has 2 aromatic carbocycles. The molecule has 2 nitrogen and oxygen atoms in total. The van der Waals surface area contributed by atoms with Gasteiger partial charge in [-0.15, -0.1) is 0 Å². The third-order valence-corrected chi connectivity index (χ3v) is 4.23. The van der Waals surface area contributed by atoms with Crippen LogP contribution in [0.15, 0.2) is 36.4 Å². The van der Waals surface area contributed by atoms with E-state index in [4.69, 9.17) is 40.6 Å². The van der Waals surface area contributed by atoms with E-state index >= 15 is 0 Å². The van der Waals surface area contributed by atoms with Crippen molar-refractivity contribution in [3.63, 3.8) is 0 Å². The van der Waals surface area contributed by atoms with Crippen molar-refractivity contribution in [2.45, 2.75) is 18.9 Å². The van der Waals surface area contributed by atoms with E-state index in [9.17, 15) is 4.39 Å². The first-order valence-corrected chi connectivity index (χ1v) is 7.47. The summed E-state index contributed by atoms with van der Waals surface area (Å²) in [4.78, 5) is 0. The first kappa shape index (κ1) is 16.5. The average Bonchev–Trinajstić information content (AvgIpc) is 2.45. The second-order valence-corrected chi connectivity index (χ2v) is 5.94. The number of nitrogens with one attached hydrogen (secondary N) is 1. The predicted octanol–water partition coefficient (Wildman–Crippen LogP) is 4.40. The molecule has 6 heteroatoms. The Bertz CT molecular complexity index is 614. The summed E-state index contributed by atoms with van der Waals surface area (Å²) in [5, 5.41) is 1.28. The number of hydrogen-bond donors (Lipinski definition) is 2. The molecule has 0 aliphatic heterocycles. The molecule has 0 aliphatic carbocycles. The van der Waals surface area contributed by atoms with Crippen LogP contribution in [0.25, 0.3) is 0 Å². The second-order valence-electron chi connectivity index (χ2n) is 4.72. The highest BCUT2D eigenvalue weighted by Gasteiger charge is 2.14. The summed E-state index contributed by atoms with van der Waals surface area (Å²) in [6.45, 7) is 0. The zero-order valence-electron chi connectivity index (χ0n) is 11.0. The fourth-order valence-corrected chi connectivity index (χ4v) is 2.78. The van der Waals surface area contributed by atoms with Crippen molar-refractivity contribution in [1.82, 2.24) is 5.43 Å². The van der Waals surface area contributed by atoms with Gasteiger partial charge in [0.25, 0.3) is 0 Å². The van der Waals surface area contributed by atoms with Crippen LogP contribution in [-0.2, 0) is 12.8 Å². The Kier molecular flexibility index (Phi) is 5.85. The van der Waals surface area contributed by atoms with Crippen molar-refractivity contribution in [2.75, 3.05) is 0 Å². The van der Waals surface area contributed by atoms with Gasteiger partial charge in [0.2, 0.25) is 0 Å². The van der Waals surface area contributed by atoms with Crippen LogP contribution in [0.3, 0.4) is 0 Å². The predicted molar refractivity (Wildman–Crippen MR) is 86.4 cm³/mol. The summed E-state index contributed by atoms with van der Waals surface area (Å²) in [5.41, 5.74) is 4.33. The molecule has 2 aromatic rings. The Balaban J connectivity index is 2.15. The highest BCUT2D eigenvalue weighted by atomic mass is 35.5. The maximum atomic E-state index is 13.5. The minimum Gasteiger partial charge on any atom is -0.271 e. The standard InChI is InChI=1S/C15H14Cl3FN2/c16-12-2-1-3-13(17)11(12)8-10(21-20)6-9-4-5-14(18)15(19)7-9/h1-5,7,10,21H,6,8,20H2. The highest BCUT2D eigenvalue weighted by molar-refractivity contribution is 6.36. The van der Waals surface area contributed by atoms with Crippen LogP contribution >= 0.6 is 34.8 Å². The smallest absolute Gasteiger partial charge is 0.142 e. The van der Waals surface area contributed by atoms with Gasteiger partial charge in [-0.3, -0.25) is 11.3 Å². The van der Waals surface area contributed by atoms with E-state index in [0.29, 0.717) is 22.9 Å². The molecule has 112 valence electrons. The van der Waals surface area contributed by atoms with Crippen molar-refractivity contribution in [2.24, 2.45) is 5.84 Å². The zero-order valence-corrected chi connectivity index (χ0v) is 13.3. The fraction of sp³-hybridized carbons (Fsp3) is 0.200.